The van der Waals surface area contributed by atoms with E-state index in [9.17, 15) is 9.59 Å². The molecule has 1 amide bonds. The molecule has 1 aromatic carbocycles. The second kappa shape index (κ2) is 5.45. The average molecular weight is 219 g/mol. The third-order valence-electron chi connectivity index (χ3n) is 2.53. The van der Waals surface area contributed by atoms with Crippen LogP contribution in [-0.2, 0) is 9.59 Å². The van der Waals surface area contributed by atoms with Crippen molar-refractivity contribution in [3.63, 3.8) is 0 Å². The summed E-state index contributed by atoms with van der Waals surface area (Å²) in [5.41, 5.74) is 0.857. The highest BCUT2D eigenvalue weighted by atomic mass is 16.1. The molecule has 0 heterocycles. The number of hydrogen-bond donors (Lipinski definition) is 0. The second-order valence-electron chi connectivity index (χ2n) is 4.14. The molecular formula is C13H17NO2. The van der Waals surface area contributed by atoms with E-state index in [2.05, 4.69) is 0 Å². The highest BCUT2D eigenvalue weighted by Crippen LogP contribution is 2.22. The highest BCUT2D eigenvalue weighted by Gasteiger charge is 2.25. The Balaban J connectivity index is 3.06. The molecule has 0 spiro atoms. The van der Waals surface area contributed by atoms with Crippen molar-refractivity contribution < 1.29 is 9.59 Å². The minimum Gasteiger partial charge on any atom is -0.334 e. The number of carbonyl (C=O) groups is 2. The zero-order valence-corrected chi connectivity index (χ0v) is 9.88. The van der Waals surface area contributed by atoms with E-state index in [0.29, 0.717) is 6.41 Å². The molecule has 3 heteroatoms. The van der Waals surface area contributed by atoms with E-state index in [0.717, 1.165) is 5.56 Å². The number of likely N-dealkylation sites (N-methyl/N-ethyl adjacent to an activating group) is 1. The first-order valence-corrected chi connectivity index (χ1v) is 5.33. The van der Waals surface area contributed by atoms with Crippen LogP contribution in [0, 0.1) is 5.92 Å². The third kappa shape index (κ3) is 2.69. The largest absolute Gasteiger partial charge is 0.334 e. The van der Waals surface area contributed by atoms with Crippen molar-refractivity contribution in [2.45, 2.75) is 19.9 Å². The van der Waals surface area contributed by atoms with Gasteiger partial charge in [0, 0.05) is 13.0 Å². The molecule has 3 nitrogen and oxygen atoms in total. The molecule has 0 aliphatic heterocycles. The molecule has 1 rings (SSSR count). The summed E-state index contributed by atoms with van der Waals surface area (Å²) in [6.45, 7) is 3.69. The van der Waals surface area contributed by atoms with Crippen LogP contribution in [0.5, 0.6) is 0 Å². The fraction of sp³-hybridized carbons (Fsp3) is 0.385. The van der Waals surface area contributed by atoms with Gasteiger partial charge in [0.15, 0.2) is 5.78 Å². The van der Waals surface area contributed by atoms with Gasteiger partial charge in [-0.2, -0.15) is 0 Å². The SMILES string of the molecule is CC(C)C(=O)C(c1ccccc1)N(C)C=O. The molecule has 0 fully saturated rings. The van der Waals surface area contributed by atoms with Crippen LogP contribution >= 0.6 is 0 Å². The first kappa shape index (κ1) is 12.4. The van der Waals surface area contributed by atoms with Crippen LogP contribution in [0.2, 0.25) is 0 Å². The topological polar surface area (TPSA) is 37.4 Å². The molecule has 0 N–H and O–H groups in total. The minimum absolute atomic E-state index is 0.0563. The Morgan fingerprint density at radius 1 is 1.25 bits per heavy atom. The molecule has 1 unspecified atom stereocenters. The number of carbonyl (C=O) groups excluding carboxylic acids is 2. The van der Waals surface area contributed by atoms with Crippen molar-refractivity contribution >= 4 is 12.2 Å². The maximum Gasteiger partial charge on any atom is 0.210 e. The van der Waals surface area contributed by atoms with Crippen molar-refractivity contribution in [3.05, 3.63) is 35.9 Å². The zero-order valence-electron chi connectivity index (χ0n) is 9.88. The van der Waals surface area contributed by atoms with Crippen LogP contribution in [-0.4, -0.2) is 24.1 Å². The Labute approximate surface area is 96.1 Å². The Hall–Kier alpha value is -1.64. The van der Waals surface area contributed by atoms with Crippen LogP contribution < -0.4 is 0 Å². The number of nitrogens with zero attached hydrogens (tertiary/aromatic N) is 1. The van der Waals surface area contributed by atoms with Crippen LogP contribution in [0.25, 0.3) is 0 Å². The van der Waals surface area contributed by atoms with Crippen LogP contribution in [0.1, 0.15) is 25.5 Å². The Bertz CT molecular complexity index is 359. The van der Waals surface area contributed by atoms with Gasteiger partial charge in [-0.15, -0.1) is 0 Å². The quantitative estimate of drug-likeness (QED) is 0.711. The van der Waals surface area contributed by atoms with E-state index in [1.165, 1.54) is 4.90 Å². The maximum atomic E-state index is 12.0. The van der Waals surface area contributed by atoms with Gasteiger partial charge in [0.25, 0.3) is 0 Å². The highest BCUT2D eigenvalue weighted by molar-refractivity contribution is 5.88. The van der Waals surface area contributed by atoms with Gasteiger partial charge in [0.1, 0.15) is 6.04 Å². The number of ketones is 1. The second-order valence-corrected chi connectivity index (χ2v) is 4.14. The fourth-order valence-corrected chi connectivity index (χ4v) is 1.61. The van der Waals surface area contributed by atoms with Gasteiger partial charge in [0.2, 0.25) is 6.41 Å². The standard InChI is InChI=1S/C13H17NO2/c1-10(2)13(16)12(14(3)9-15)11-7-5-4-6-8-11/h4-10,12H,1-3H3. The summed E-state index contributed by atoms with van der Waals surface area (Å²) >= 11 is 0. The Morgan fingerprint density at radius 3 is 2.25 bits per heavy atom. The summed E-state index contributed by atoms with van der Waals surface area (Å²) in [5.74, 6) is -0.0339. The van der Waals surface area contributed by atoms with Crippen molar-refractivity contribution in [3.8, 4) is 0 Å². The third-order valence-corrected chi connectivity index (χ3v) is 2.53. The summed E-state index contributed by atoms with van der Waals surface area (Å²) in [7, 11) is 1.63. The normalized spacial score (nSPS) is 12.2. The van der Waals surface area contributed by atoms with Crippen LogP contribution in [0.3, 0.4) is 0 Å². The van der Waals surface area contributed by atoms with E-state index in [1.54, 1.807) is 7.05 Å². The van der Waals surface area contributed by atoms with Crippen LogP contribution in [0.4, 0.5) is 0 Å². The van der Waals surface area contributed by atoms with E-state index in [-0.39, 0.29) is 11.7 Å². The van der Waals surface area contributed by atoms with Gasteiger partial charge in [-0.05, 0) is 5.56 Å². The predicted molar refractivity (Wildman–Crippen MR) is 62.9 cm³/mol. The minimum atomic E-state index is -0.473. The maximum absolute atomic E-state index is 12.0. The van der Waals surface area contributed by atoms with Gasteiger partial charge in [-0.25, -0.2) is 0 Å². The van der Waals surface area contributed by atoms with Crippen molar-refractivity contribution in [1.82, 2.24) is 4.90 Å². The lowest BCUT2D eigenvalue weighted by atomic mass is 9.95. The van der Waals surface area contributed by atoms with Crippen LogP contribution in [0.15, 0.2) is 30.3 Å². The van der Waals surface area contributed by atoms with Crippen molar-refractivity contribution in [2.24, 2.45) is 5.92 Å². The van der Waals surface area contributed by atoms with E-state index in [1.807, 2.05) is 44.2 Å². The first-order chi connectivity index (χ1) is 7.57. The molecule has 0 bridgehead atoms. The van der Waals surface area contributed by atoms with Gasteiger partial charge < -0.3 is 4.90 Å². The van der Waals surface area contributed by atoms with Gasteiger partial charge in [-0.1, -0.05) is 44.2 Å². The smallest absolute Gasteiger partial charge is 0.210 e. The van der Waals surface area contributed by atoms with E-state index < -0.39 is 6.04 Å². The Kier molecular flexibility index (Phi) is 4.23. The number of amides is 1. The van der Waals surface area contributed by atoms with Crippen molar-refractivity contribution in [1.29, 1.82) is 0 Å². The number of rotatable bonds is 5. The Morgan fingerprint density at radius 2 is 1.81 bits per heavy atom. The molecule has 0 aliphatic rings. The predicted octanol–water partition coefficient (Wildman–Crippen LogP) is 2.04. The zero-order chi connectivity index (χ0) is 12.1. The monoisotopic (exact) mass is 219 g/mol. The molecule has 0 saturated heterocycles. The summed E-state index contributed by atoms with van der Waals surface area (Å²) in [6.07, 6.45) is 0.692. The number of hydrogen-bond acceptors (Lipinski definition) is 2. The molecule has 1 aromatic rings. The van der Waals surface area contributed by atoms with Gasteiger partial charge in [0.05, 0.1) is 0 Å². The molecule has 86 valence electrons. The lowest BCUT2D eigenvalue weighted by Crippen LogP contribution is -2.32. The fourth-order valence-electron chi connectivity index (χ4n) is 1.61. The van der Waals surface area contributed by atoms with E-state index in [4.69, 9.17) is 0 Å². The summed E-state index contributed by atoms with van der Waals surface area (Å²) in [6, 6.07) is 8.89. The molecule has 0 aromatic heterocycles. The van der Waals surface area contributed by atoms with Crippen molar-refractivity contribution in [2.75, 3.05) is 7.05 Å². The molecule has 1 atom stereocenters. The molecule has 0 saturated carbocycles. The molecule has 16 heavy (non-hydrogen) atoms. The molecule has 0 radical (unpaired) electrons. The first-order valence-electron chi connectivity index (χ1n) is 5.33. The lowest BCUT2D eigenvalue weighted by molar-refractivity contribution is -0.132. The number of benzene rings is 1. The summed E-state index contributed by atoms with van der Waals surface area (Å²) in [5, 5.41) is 0. The summed E-state index contributed by atoms with van der Waals surface area (Å²) < 4.78 is 0. The van der Waals surface area contributed by atoms with Gasteiger partial charge >= 0.3 is 0 Å². The molecule has 0 aliphatic carbocycles. The lowest BCUT2D eigenvalue weighted by Gasteiger charge is -2.25. The van der Waals surface area contributed by atoms with Gasteiger partial charge in [-0.3, -0.25) is 9.59 Å². The average Bonchev–Trinajstić information content (AvgIpc) is 2.30. The van der Waals surface area contributed by atoms with E-state index >= 15 is 0 Å². The molecular weight excluding hydrogens is 202 g/mol. The summed E-state index contributed by atoms with van der Waals surface area (Å²) in [4.78, 5) is 24.3. The number of Topliss-reactive ketones (excluding diaryl/α,β-unsaturated/α-hetero) is 1.